The Bertz CT molecular complexity index is 893. The van der Waals surface area contributed by atoms with Gasteiger partial charge in [-0.1, -0.05) is 26.0 Å². The molecule has 2 unspecified atom stereocenters. The second kappa shape index (κ2) is 7.76. The summed E-state index contributed by atoms with van der Waals surface area (Å²) in [5.41, 5.74) is 0.534. The van der Waals surface area contributed by atoms with Crippen LogP contribution in [-0.2, 0) is 11.2 Å². The molecule has 3 rings (SSSR count). The van der Waals surface area contributed by atoms with Gasteiger partial charge in [0.05, 0.1) is 9.31 Å². The minimum Gasteiger partial charge on any atom is -0.457 e. The van der Waals surface area contributed by atoms with Crippen LogP contribution in [0.3, 0.4) is 0 Å². The second-order valence-corrected chi connectivity index (χ2v) is 9.87. The van der Waals surface area contributed by atoms with Crippen LogP contribution in [0.4, 0.5) is 4.39 Å². The Morgan fingerprint density at radius 2 is 2.00 bits per heavy atom. The number of carbonyl (C=O) groups is 1. The summed E-state index contributed by atoms with van der Waals surface area (Å²) in [5, 5.41) is 0. The molecule has 3 nitrogen and oxygen atoms in total. The van der Waals surface area contributed by atoms with Gasteiger partial charge in [-0.2, -0.15) is 0 Å². The molecule has 0 saturated heterocycles. The van der Waals surface area contributed by atoms with E-state index < -0.39 is 0 Å². The lowest BCUT2D eigenvalue weighted by molar-refractivity contribution is -0.136. The molecular weight excluding hydrogens is 479 g/mol. The molecule has 0 N–H and O–H groups in total. The van der Waals surface area contributed by atoms with Crippen LogP contribution in [0.15, 0.2) is 56.9 Å². The molecule has 1 aliphatic rings. The first kappa shape index (κ1) is 20.1. The molecule has 6 heteroatoms. The Morgan fingerprint density at radius 1 is 1.33 bits per heavy atom. The summed E-state index contributed by atoms with van der Waals surface area (Å²) in [6, 6.07) is 7.63. The number of allylic oxidation sites excluding steroid dienone is 2. The standard InChI is InChI=1S/C21H19Br2FO3/c1-4-5-15-17(11-16(26-15)12-6-8-13(24)9-7-12)27-20(25)19-14(10-18(22)23)21(19,2)3/h4,6-11,14,19H,1,5H2,2-3H3. The van der Waals surface area contributed by atoms with Crippen molar-refractivity contribution in [2.45, 2.75) is 20.3 Å². The largest absolute Gasteiger partial charge is 0.457 e. The van der Waals surface area contributed by atoms with E-state index in [1.54, 1.807) is 24.3 Å². The van der Waals surface area contributed by atoms with Crippen LogP contribution < -0.4 is 4.74 Å². The van der Waals surface area contributed by atoms with Crippen LogP contribution >= 0.6 is 31.9 Å². The van der Waals surface area contributed by atoms with Gasteiger partial charge < -0.3 is 9.15 Å². The number of halogens is 3. The zero-order valence-corrected chi connectivity index (χ0v) is 18.1. The normalized spacial score (nSPS) is 20.0. The molecular formula is C21H19Br2FO3. The number of furan rings is 1. The van der Waals surface area contributed by atoms with Gasteiger partial charge in [0.1, 0.15) is 11.6 Å². The van der Waals surface area contributed by atoms with Gasteiger partial charge in [-0.05, 0) is 67.5 Å². The van der Waals surface area contributed by atoms with E-state index in [2.05, 4.69) is 38.4 Å². The van der Waals surface area contributed by atoms with Gasteiger partial charge >= 0.3 is 5.97 Å². The van der Waals surface area contributed by atoms with Crippen molar-refractivity contribution in [3.05, 3.63) is 64.0 Å². The quantitative estimate of drug-likeness (QED) is 0.332. The number of carbonyl (C=O) groups excluding carboxylic acids is 1. The monoisotopic (exact) mass is 496 g/mol. The van der Waals surface area contributed by atoms with Crippen LogP contribution in [-0.4, -0.2) is 5.97 Å². The van der Waals surface area contributed by atoms with E-state index in [0.29, 0.717) is 29.3 Å². The minimum atomic E-state index is -0.323. The predicted molar refractivity (Wildman–Crippen MR) is 110 cm³/mol. The zero-order chi connectivity index (χ0) is 19.8. The van der Waals surface area contributed by atoms with Crippen LogP contribution in [0.2, 0.25) is 0 Å². The van der Waals surface area contributed by atoms with E-state index in [-0.39, 0.29) is 29.0 Å². The summed E-state index contributed by atoms with van der Waals surface area (Å²) in [6.45, 7) is 7.79. The number of benzene rings is 1. The Balaban J connectivity index is 1.84. The van der Waals surface area contributed by atoms with Gasteiger partial charge in [0.2, 0.25) is 0 Å². The van der Waals surface area contributed by atoms with Crippen LogP contribution in [0.5, 0.6) is 5.75 Å². The third kappa shape index (κ3) is 4.27. The Kier molecular flexibility index (Phi) is 5.77. The van der Waals surface area contributed by atoms with Crippen molar-refractivity contribution in [3.63, 3.8) is 0 Å². The molecule has 0 bridgehead atoms. The average Bonchev–Trinajstić information content (AvgIpc) is 2.92. The average molecular weight is 498 g/mol. The highest BCUT2D eigenvalue weighted by atomic mass is 79.9. The molecule has 0 amide bonds. The first-order chi connectivity index (χ1) is 12.7. The van der Waals surface area contributed by atoms with E-state index in [4.69, 9.17) is 9.15 Å². The summed E-state index contributed by atoms with van der Waals surface area (Å²) in [6.07, 6.45) is 4.07. The maximum absolute atomic E-state index is 13.2. The Hall–Kier alpha value is -1.66. The molecule has 0 spiro atoms. The molecule has 1 heterocycles. The molecule has 1 saturated carbocycles. The van der Waals surface area contributed by atoms with Crippen LogP contribution in [0, 0.1) is 23.1 Å². The zero-order valence-electron chi connectivity index (χ0n) is 15.0. The number of esters is 1. The summed E-state index contributed by atoms with van der Waals surface area (Å²) < 4.78 is 25.5. The Labute approximate surface area is 174 Å². The second-order valence-electron chi connectivity index (χ2n) is 7.10. The molecule has 27 heavy (non-hydrogen) atoms. The van der Waals surface area contributed by atoms with E-state index in [1.165, 1.54) is 12.1 Å². The van der Waals surface area contributed by atoms with Crippen LogP contribution in [0.1, 0.15) is 19.6 Å². The lowest BCUT2D eigenvalue weighted by Crippen LogP contribution is -2.14. The number of hydrogen-bond donors (Lipinski definition) is 0. The van der Waals surface area contributed by atoms with Gasteiger partial charge in [0.15, 0.2) is 11.5 Å². The van der Waals surface area contributed by atoms with E-state index >= 15 is 0 Å². The van der Waals surface area contributed by atoms with Crippen molar-refractivity contribution >= 4 is 37.8 Å². The fraction of sp³-hybridized carbons (Fsp3) is 0.286. The summed E-state index contributed by atoms with van der Waals surface area (Å²) in [5.74, 6) is 0.654. The van der Waals surface area contributed by atoms with E-state index in [0.717, 1.165) is 3.39 Å². The minimum absolute atomic E-state index is 0.0880. The smallest absolute Gasteiger partial charge is 0.315 e. The first-order valence-corrected chi connectivity index (χ1v) is 10.1. The molecule has 1 aliphatic carbocycles. The number of rotatable bonds is 6. The fourth-order valence-electron chi connectivity index (χ4n) is 3.27. The molecule has 1 aromatic carbocycles. The van der Waals surface area contributed by atoms with Gasteiger partial charge in [-0.3, -0.25) is 4.79 Å². The van der Waals surface area contributed by atoms with E-state index in [9.17, 15) is 9.18 Å². The first-order valence-electron chi connectivity index (χ1n) is 8.48. The summed E-state index contributed by atoms with van der Waals surface area (Å²) >= 11 is 6.70. The highest BCUT2D eigenvalue weighted by Gasteiger charge is 2.61. The fourth-order valence-corrected chi connectivity index (χ4v) is 3.84. The summed E-state index contributed by atoms with van der Waals surface area (Å²) in [4.78, 5) is 12.7. The van der Waals surface area contributed by atoms with Gasteiger partial charge in [0, 0.05) is 18.1 Å². The molecule has 2 aromatic rings. The van der Waals surface area contributed by atoms with Crippen molar-refractivity contribution in [2.24, 2.45) is 17.3 Å². The molecule has 0 aliphatic heterocycles. The highest BCUT2D eigenvalue weighted by Crippen LogP contribution is 2.60. The van der Waals surface area contributed by atoms with Crippen molar-refractivity contribution in [1.82, 2.24) is 0 Å². The molecule has 1 aromatic heterocycles. The van der Waals surface area contributed by atoms with Crippen molar-refractivity contribution in [2.75, 3.05) is 0 Å². The van der Waals surface area contributed by atoms with Gasteiger partial charge in [-0.15, -0.1) is 6.58 Å². The maximum Gasteiger partial charge on any atom is 0.315 e. The number of hydrogen-bond acceptors (Lipinski definition) is 3. The molecule has 0 radical (unpaired) electrons. The molecule has 142 valence electrons. The van der Waals surface area contributed by atoms with Gasteiger partial charge in [0.25, 0.3) is 0 Å². The lowest BCUT2D eigenvalue weighted by Gasteiger charge is -2.04. The van der Waals surface area contributed by atoms with Crippen LogP contribution in [0.25, 0.3) is 11.3 Å². The highest BCUT2D eigenvalue weighted by molar-refractivity contribution is 9.28. The van der Waals surface area contributed by atoms with Gasteiger partial charge in [-0.25, -0.2) is 4.39 Å². The number of ether oxygens (including phenoxy) is 1. The third-order valence-electron chi connectivity index (χ3n) is 4.91. The Morgan fingerprint density at radius 3 is 2.59 bits per heavy atom. The SMILES string of the molecule is C=CCc1oc(-c2ccc(F)cc2)cc1OC(=O)C1C(C=C(Br)Br)C1(C)C. The predicted octanol–water partition coefficient (Wildman–Crippen LogP) is 6.62. The third-order valence-corrected chi connectivity index (χ3v) is 5.44. The van der Waals surface area contributed by atoms with Crippen molar-refractivity contribution < 1.29 is 18.3 Å². The molecule has 2 atom stereocenters. The van der Waals surface area contributed by atoms with E-state index in [1.807, 2.05) is 19.9 Å². The maximum atomic E-state index is 13.2. The lowest BCUT2D eigenvalue weighted by atomic mass is 10.1. The van der Waals surface area contributed by atoms with Crippen molar-refractivity contribution in [3.8, 4) is 17.1 Å². The topological polar surface area (TPSA) is 39.4 Å². The van der Waals surface area contributed by atoms with Crippen molar-refractivity contribution in [1.29, 1.82) is 0 Å². The summed E-state index contributed by atoms with van der Waals surface area (Å²) in [7, 11) is 0. The molecule has 1 fully saturated rings.